The third-order valence-electron chi connectivity index (χ3n) is 3.93. The molecule has 1 unspecified atom stereocenters. The van der Waals surface area contributed by atoms with Crippen molar-refractivity contribution in [2.45, 2.75) is 31.1 Å². The fourth-order valence-electron chi connectivity index (χ4n) is 2.40. The largest absolute Gasteiger partial charge is 0.497 e. The van der Waals surface area contributed by atoms with Crippen LogP contribution in [0, 0.1) is 5.92 Å². The van der Waals surface area contributed by atoms with Gasteiger partial charge in [0.25, 0.3) is 0 Å². The Morgan fingerprint density at radius 1 is 1.19 bits per heavy atom. The Balaban J connectivity index is 2.87. The predicted octanol–water partition coefficient (Wildman–Crippen LogP) is 0.299. The van der Waals surface area contributed by atoms with Crippen LogP contribution in [0.5, 0.6) is 5.75 Å². The number of likely N-dealkylation sites (N-methyl/N-ethyl adjacent to an activating group) is 1. The molecule has 0 aliphatic heterocycles. The van der Waals surface area contributed by atoms with E-state index < -0.39 is 29.0 Å². The first-order chi connectivity index (χ1) is 12.3. The Labute approximate surface area is 158 Å². The van der Waals surface area contributed by atoms with Crippen molar-refractivity contribution < 1.29 is 24.3 Å². The number of benzene rings is 1. The van der Waals surface area contributed by atoms with E-state index in [-0.39, 0.29) is 12.3 Å². The molecule has 0 saturated carbocycles. The smallest absolute Gasteiger partial charge is 0.244 e. The number of hydrogen-bond acceptors (Lipinski definition) is 6. The van der Waals surface area contributed by atoms with Gasteiger partial charge in [0.2, 0.25) is 17.7 Å². The van der Waals surface area contributed by atoms with Crippen LogP contribution in [0.2, 0.25) is 0 Å². The summed E-state index contributed by atoms with van der Waals surface area (Å²) in [7, 11) is 3.03. The van der Waals surface area contributed by atoms with Crippen LogP contribution >= 0.6 is 12.6 Å². The molecule has 0 bridgehead atoms. The van der Waals surface area contributed by atoms with Crippen molar-refractivity contribution in [3.8, 4) is 5.75 Å². The van der Waals surface area contributed by atoms with Crippen molar-refractivity contribution in [2.24, 2.45) is 5.92 Å². The highest BCUT2D eigenvalue weighted by Gasteiger charge is 2.30. The van der Waals surface area contributed by atoms with Gasteiger partial charge in [0.1, 0.15) is 11.8 Å². The molecular weight excluding hydrogens is 358 g/mol. The van der Waals surface area contributed by atoms with Gasteiger partial charge in [0.05, 0.1) is 13.0 Å². The summed E-state index contributed by atoms with van der Waals surface area (Å²) in [4.78, 5) is 35.7. The summed E-state index contributed by atoms with van der Waals surface area (Å²) < 4.78 is 5.10. The lowest BCUT2D eigenvalue weighted by Crippen LogP contribution is -2.48. The second-order valence-electron chi connectivity index (χ2n) is 5.81. The maximum atomic E-state index is 12.5. The number of nitrogens with one attached hydrogen (secondary N) is 3. The lowest BCUT2D eigenvalue weighted by atomic mass is 9.94. The first-order valence-electron chi connectivity index (χ1n) is 8.08. The average molecular weight is 383 g/mol. The fraction of sp³-hybridized carbons (Fsp3) is 0.471. The summed E-state index contributed by atoms with van der Waals surface area (Å²) in [5.41, 5.74) is 2.43. The molecule has 9 heteroatoms. The molecule has 0 heterocycles. The van der Waals surface area contributed by atoms with Gasteiger partial charge >= 0.3 is 0 Å². The second-order valence-corrected chi connectivity index (χ2v) is 6.47. The quantitative estimate of drug-likeness (QED) is 0.239. The fourth-order valence-corrected chi connectivity index (χ4v) is 2.85. The van der Waals surface area contributed by atoms with Gasteiger partial charge in [0.15, 0.2) is 0 Å². The molecule has 0 aliphatic rings. The number of amides is 3. The minimum Gasteiger partial charge on any atom is -0.497 e. The second kappa shape index (κ2) is 10.7. The average Bonchev–Trinajstić information content (AvgIpc) is 2.65. The summed E-state index contributed by atoms with van der Waals surface area (Å²) in [6, 6.07) is 6.51. The Kier molecular flexibility index (Phi) is 8.94. The van der Waals surface area contributed by atoms with Crippen molar-refractivity contribution >= 4 is 30.4 Å². The summed E-state index contributed by atoms with van der Waals surface area (Å²) in [5.74, 6) is -1.67. The SMILES string of the molecule is CNC(=O)[C@@H](C)NC(=O)[C@H](CC(=O)NO)C(S)Cc1ccc(OC)cc1. The van der Waals surface area contributed by atoms with E-state index in [1.807, 2.05) is 12.1 Å². The zero-order valence-corrected chi connectivity index (χ0v) is 15.9. The zero-order chi connectivity index (χ0) is 19.7. The molecule has 0 radical (unpaired) electrons. The summed E-state index contributed by atoms with van der Waals surface area (Å²) >= 11 is 4.48. The first kappa shape index (κ1) is 21.8. The van der Waals surface area contributed by atoms with Crippen LogP contribution in [0.1, 0.15) is 18.9 Å². The number of hydrogen-bond donors (Lipinski definition) is 5. The van der Waals surface area contributed by atoms with Crippen LogP contribution in [-0.4, -0.2) is 48.4 Å². The highest BCUT2D eigenvalue weighted by atomic mass is 32.1. The topological polar surface area (TPSA) is 117 Å². The van der Waals surface area contributed by atoms with Gasteiger partial charge in [-0.2, -0.15) is 12.6 Å². The van der Waals surface area contributed by atoms with Crippen molar-refractivity contribution in [3.05, 3.63) is 29.8 Å². The minimum absolute atomic E-state index is 0.257. The molecule has 3 amide bonds. The molecule has 4 N–H and O–H groups in total. The normalized spacial score (nSPS) is 13.9. The van der Waals surface area contributed by atoms with Crippen molar-refractivity contribution in [1.29, 1.82) is 0 Å². The number of rotatable bonds is 9. The van der Waals surface area contributed by atoms with E-state index in [1.54, 1.807) is 19.2 Å². The van der Waals surface area contributed by atoms with E-state index >= 15 is 0 Å². The number of hydroxylamine groups is 1. The lowest BCUT2D eigenvalue weighted by molar-refractivity contribution is -0.136. The van der Waals surface area contributed by atoms with E-state index in [9.17, 15) is 14.4 Å². The van der Waals surface area contributed by atoms with E-state index in [2.05, 4.69) is 23.3 Å². The molecule has 8 nitrogen and oxygen atoms in total. The summed E-state index contributed by atoms with van der Waals surface area (Å²) in [5, 5.41) is 13.3. The number of thiol groups is 1. The molecule has 144 valence electrons. The van der Waals surface area contributed by atoms with Crippen molar-refractivity contribution in [3.63, 3.8) is 0 Å². The van der Waals surface area contributed by atoms with Crippen LogP contribution in [0.3, 0.4) is 0 Å². The number of ether oxygens (including phenoxy) is 1. The molecule has 1 aromatic rings. The predicted molar refractivity (Wildman–Crippen MR) is 99.2 cm³/mol. The summed E-state index contributed by atoms with van der Waals surface area (Å²) in [6.45, 7) is 1.54. The van der Waals surface area contributed by atoms with Gasteiger partial charge in [-0.15, -0.1) is 0 Å². The van der Waals surface area contributed by atoms with Crippen LogP contribution < -0.4 is 20.9 Å². The molecule has 1 rings (SSSR count). The van der Waals surface area contributed by atoms with Gasteiger partial charge in [-0.1, -0.05) is 12.1 Å². The lowest BCUT2D eigenvalue weighted by Gasteiger charge is -2.24. The highest BCUT2D eigenvalue weighted by molar-refractivity contribution is 7.81. The van der Waals surface area contributed by atoms with E-state index in [1.165, 1.54) is 19.5 Å². The maximum absolute atomic E-state index is 12.5. The molecule has 0 aliphatic carbocycles. The van der Waals surface area contributed by atoms with E-state index in [0.29, 0.717) is 12.2 Å². The maximum Gasteiger partial charge on any atom is 0.244 e. The molecule has 3 atom stereocenters. The van der Waals surface area contributed by atoms with E-state index in [0.717, 1.165) is 5.56 Å². The third kappa shape index (κ3) is 6.57. The van der Waals surface area contributed by atoms with Crippen LogP contribution in [0.15, 0.2) is 24.3 Å². The highest BCUT2D eigenvalue weighted by Crippen LogP contribution is 2.22. The van der Waals surface area contributed by atoms with Crippen molar-refractivity contribution in [1.82, 2.24) is 16.1 Å². The zero-order valence-electron chi connectivity index (χ0n) is 15.0. The van der Waals surface area contributed by atoms with Crippen LogP contribution in [0.4, 0.5) is 0 Å². The number of carbonyl (C=O) groups is 3. The Hall–Kier alpha value is -2.26. The number of methoxy groups -OCH3 is 1. The molecule has 0 fully saturated rings. The van der Waals surface area contributed by atoms with E-state index in [4.69, 9.17) is 9.94 Å². The Bertz CT molecular complexity index is 623. The van der Waals surface area contributed by atoms with Crippen LogP contribution in [0.25, 0.3) is 0 Å². The molecule has 26 heavy (non-hydrogen) atoms. The third-order valence-corrected chi connectivity index (χ3v) is 4.48. The van der Waals surface area contributed by atoms with Gasteiger partial charge in [0, 0.05) is 18.7 Å². The Morgan fingerprint density at radius 3 is 2.31 bits per heavy atom. The molecule has 0 saturated heterocycles. The summed E-state index contributed by atoms with van der Waals surface area (Å²) in [6.07, 6.45) is 0.158. The molecule has 0 spiro atoms. The van der Waals surface area contributed by atoms with Crippen LogP contribution in [-0.2, 0) is 20.8 Å². The first-order valence-corrected chi connectivity index (χ1v) is 8.59. The van der Waals surface area contributed by atoms with Gasteiger partial charge in [-0.3, -0.25) is 19.6 Å². The Morgan fingerprint density at radius 2 is 1.81 bits per heavy atom. The van der Waals surface area contributed by atoms with Gasteiger partial charge in [-0.25, -0.2) is 5.48 Å². The van der Waals surface area contributed by atoms with Gasteiger partial charge < -0.3 is 15.4 Å². The molecular formula is C17H25N3O5S. The monoisotopic (exact) mass is 383 g/mol. The molecule has 1 aromatic carbocycles. The standard InChI is InChI=1S/C17H25N3O5S/c1-10(16(22)18-2)19-17(23)13(9-15(21)20-24)14(26)8-11-4-6-12(25-3)7-5-11/h4-7,10,13-14,24,26H,8-9H2,1-3H3,(H,18,22)(H,19,23)(H,20,21)/t10-,13-,14?/m1/s1. The number of carbonyl (C=O) groups excluding carboxylic acids is 3. The van der Waals surface area contributed by atoms with Gasteiger partial charge in [-0.05, 0) is 31.0 Å². The van der Waals surface area contributed by atoms with Crippen molar-refractivity contribution in [2.75, 3.05) is 14.2 Å². The minimum atomic E-state index is -0.834. The molecule has 0 aromatic heterocycles.